The molecule has 0 saturated heterocycles. The van der Waals surface area contributed by atoms with Crippen LogP contribution in [0.5, 0.6) is 0 Å². The highest BCUT2D eigenvalue weighted by Gasteiger charge is 2.29. The molecule has 0 bridgehead atoms. The quantitative estimate of drug-likeness (QED) is 0.765. The van der Waals surface area contributed by atoms with Gasteiger partial charge in [0, 0.05) is 29.5 Å². The predicted octanol–water partition coefficient (Wildman–Crippen LogP) is 4.03. The van der Waals surface area contributed by atoms with Crippen molar-refractivity contribution in [1.29, 1.82) is 0 Å². The van der Waals surface area contributed by atoms with Gasteiger partial charge in [-0.05, 0) is 41.8 Å². The molecule has 1 atom stereocenters. The lowest BCUT2D eigenvalue weighted by atomic mass is 9.86. The second-order valence-corrected chi connectivity index (χ2v) is 8.10. The SMILES string of the molecule is O=C1C[C@@H](c2cccs2)Cc2nc(NC3Cc4ccccc4C3)ncc21. The summed E-state index contributed by atoms with van der Waals surface area (Å²) in [5, 5.41) is 5.54. The molecule has 2 heterocycles. The monoisotopic (exact) mass is 361 g/mol. The highest BCUT2D eigenvalue weighted by molar-refractivity contribution is 7.10. The number of Topliss-reactive ketones (excluding diaryl/α,β-unsaturated/α-hetero) is 1. The van der Waals surface area contributed by atoms with Gasteiger partial charge in [0.05, 0.1) is 11.3 Å². The summed E-state index contributed by atoms with van der Waals surface area (Å²) in [7, 11) is 0. The van der Waals surface area contributed by atoms with Crippen molar-refractivity contribution in [2.45, 2.75) is 37.6 Å². The lowest BCUT2D eigenvalue weighted by Crippen LogP contribution is -2.24. The number of carbonyl (C=O) groups excluding carboxylic acids is 1. The molecule has 0 spiro atoms. The smallest absolute Gasteiger partial charge is 0.223 e. The molecule has 130 valence electrons. The second kappa shape index (κ2) is 6.32. The van der Waals surface area contributed by atoms with Crippen LogP contribution in [0.1, 0.15) is 44.4 Å². The Balaban J connectivity index is 1.36. The van der Waals surface area contributed by atoms with Crippen LogP contribution in [0.25, 0.3) is 0 Å². The lowest BCUT2D eigenvalue weighted by Gasteiger charge is -2.22. The number of anilines is 1. The minimum Gasteiger partial charge on any atom is -0.351 e. The first-order valence-electron chi connectivity index (χ1n) is 9.02. The third-order valence-corrected chi connectivity index (χ3v) is 6.40. The van der Waals surface area contributed by atoms with Gasteiger partial charge in [-0.25, -0.2) is 9.97 Å². The Kier molecular flexibility index (Phi) is 3.82. The minimum absolute atomic E-state index is 0.157. The Hall–Kier alpha value is -2.53. The van der Waals surface area contributed by atoms with E-state index >= 15 is 0 Å². The van der Waals surface area contributed by atoms with Crippen molar-refractivity contribution >= 4 is 23.1 Å². The number of nitrogens with zero attached hydrogens (tertiary/aromatic N) is 2. The van der Waals surface area contributed by atoms with Crippen molar-refractivity contribution < 1.29 is 4.79 Å². The third-order valence-electron chi connectivity index (χ3n) is 5.37. The van der Waals surface area contributed by atoms with Crippen LogP contribution in [0.2, 0.25) is 0 Å². The van der Waals surface area contributed by atoms with Gasteiger partial charge in [0.2, 0.25) is 5.95 Å². The summed E-state index contributed by atoms with van der Waals surface area (Å²) in [5.74, 6) is 1.04. The van der Waals surface area contributed by atoms with Crippen LogP contribution in [0, 0.1) is 0 Å². The normalized spacial score (nSPS) is 19.2. The molecule has 26 heavy (non-hydrogen) atoms. The molecule has 2 aliphatic carbocycles. The van der Waals surface area contributed by atoms with Crippen LogP contribution in [0.15, 0.2) is 48.0 Å². The number of ketones is 1. The number of thiophene rings is 1. The molecule has 5 heteroatoms. The van der Waals surface area contributed by atoms with Gasteiger partial charge in [0.15, 0.2) is 5.78 Å². The fraction of sp³-hybridized carbons (Fsp3) is 0.286. The van der Waals surface area contributed by atoms with E-state index in [9.17, 15) is 4.79 Å². The average molecular weight is 361 g/mol. The molecule has 0 aliphatic heterocycles. The maximum Gasteiger partial charge on any atom is 0.223 e. The highest BCUT2D eigenvalue weighted by Crippen LogP contribution is 2.34. The summed E-state index contributed by atoms with van der Waals surface area (Å²) in [6.07, 6.45) is 5.06. The Morgan fingerprint density at radius 2 is 1.81 bits per heavy atom. The number of fused-ring (bicyclic) bond motifs is 2. The fourth-order valence-corrected chi connectivity index (χ4v) is 4.91. The number of carbonyl (C=O) groups is 1. The van der Waals surface area contributed by atoms with Crippen molar-refractivity contribution in [3.8, 4) is 0 Å². The summed E-state index contributed by atoms with van der Waals surface area (Å²) >= 11 is 1.72. The number of rotatable bonds is 3. The topological polar surface area (TPSA) is 54.9 Å². The van der Waals surface area contributed by atoms with Gasteiger partial charge in [-0.2, -0.15) is 0 Å². The number of aromatic nitrogens is 2. The van der Waals surface area contributed by atoms with Crippen molar-refractivity contribution in [3.63, 3.8) is 0 Å². The fourth-order valence-electron chi connectivity index (χ4n) is 4.08. The van der Waals surface area contributed by atoms with E-state index < -0.39 is 0 Å². The zero-order valence-electron chi connectivity index (χ0n) is 14.3. The molecular weight excluding hydrogens is 342 g/mol. The molecule has 5 rings (SSSR count). The Bertz CT molecular complexity index is 942. The molecule has 3 aromatic rings. The largest absolute Gasteiger partial charge is 0.351 e. The van der Waals surface area contributed by atoms with Crippen molar-refractivity contribution in [2.24, 2.45) is 0 Å². The number of nitrogens with one attached hydrogen (secondary N) is 1. The standard InChI is InChI=1S/C21H19N3OS/c25-19-11-15(20-6-3-7-26-20)10-18-17(19)12-22-21(24-18)23-16-8-13-4-1-2-5-14(13)9-16/h1-7,12,15-16H,8-11H2,(H,22,23,24)/t15-/m0/s1. The first kappa shape index (κ1) is 15.7. The molecule has 0 unspecified atom stereocenters. The van der Waals surface area contributed by atoms with E-state index in [1.807, 2.05) is 6.07 Å². The molecule has 1 N–H and O–H groups in total. The van der Waals surface area contributed by atoms with Gasteiger partial charge in [0.25, 0.3) is 0 Å². The van der Waals surface area contributed by atoms with Crippen LogP contribution < -0.4 is 5.32 Å². The molecule has 2 aliphatic rings. The van der Waals surface area contributed by atoms with Crippen LogP contribution in [-0.4, -0.2) is 21.8 Å². The van der Waals surface area contributed by atoms with Gasteiger partial charge in [0.1, 0.15) is 0 Å². The van der Waals surface area contributed by atoms with Gasteiger partial charge in [-0.15, -0.1) is 11.3 Å². The van der Waals surface area contributed by atoms with E-state index in [4.69, 9.17) is 4.98 Å². The van der Waals surface area contributed by atoms with Crippen LogP contribution in [0.3, 0.4) is 0 Å². The Morgan fingerprint density at radius 3 is 2.54 bits per heavy atom. The van der Waals surface area contributed by atoms with Gasteiger partial charge < -0.3 is 5.32 Å². The zero-order valence-corrected chi connectivity index (χ0v) is 15.1. The van der Waals surface area contributed by atoms with Crippen molar-refractivity contribution in [2.75, 3.05) is 5.32 Å². The number of benzene rings is 1. The molecule has 4 nitrogen and oxygen atoms in total. The summed E-state index contributed by atoms with van der Waals surface area (Å²) in [6, 6.07) is 13.0. The lowest BCUT2D eigenvalue weighted by molar-refractivity contribution is 0.0963. The first-order chi connectivity index (χ1) is 12.8. The van der Waals surface area contributed by atoms with E-state index in [-0.39, 0.29) is 11.7 Å². The van der Waals surface area contributed by atoms with E-state index in [0.717, 1.165) is 25.0 Å². The molecule has 0 saturated carbocycles. The van der Waals surface area contributed by atoms with E-state index in [0.29, 0.717) is 24.0 Å². The maximum absolute atomic E-state index is 12.5. The first-order valence-corrected chi connectivity index (χ1v) is 9.90. The number of hydrogen-bond acceptors (Lipinski definition) is 5. The average Bonchev–Trinajstić information content (AvgIpc) is 3.30. The second-order valence-electron chi connectivity index (χ2n) is 7.12. The zero-order chi connectivity index (χ0) is 17.5. The highest BCUT2D eigenvalue weighted by atomic mass is 32.1. The van der Waals surface area contributed by atoms with Crippen LogP contribution in [0.4, 0.5) is 5.95 Å². The van der Waals surface area contributed by atoms with Crippen molar-refractivity contribution in [1.82, 2.24) is 9.97 Å². The maximum atomic E-state index is 12.5. The van der Waals surface area contributed by atoms with E-state index in [1.165, 1.54) is 16.0 Å². The summed E-state index contributed by atoms with van der Waals surface area (Å²) < 4.78 is 0. The van der Waals surface area contributed by atoms with E-state index in [2.05, 4.69) is 46.0 Å². The molecule has 2 aromatic heterocycles. The van der Waals surface area contributed by atoms with Crippen LogP contribution >= 0.6 is 11.3 Å². The summed E-state index contributed by atoms with van der Waals surface area (Å²) in [5.41, 5.74) is 4.37. The molecule has 0 fully saturated rings. The third kappa shape index (κ3) is 2.82. The number of hydrogen-bond donors (Lipinski definition) is 1. The predicted molar refractivity (Wildman–Crippen MR) is 103 cm³/mol. The van der Waals surface area contributed by atoms with Gasteiger partial charge in [-0.3, -0.25) is 4.79 Å². The minimum atomic E-state index is 0.157. The summed E-state index contributed by atoms with van der Waals surface area (Å²) in [6.45, 7) is 0. The Labute approximate surface area is 156 Å². The molecule has 0 radical (unpaired) electrons. The van der Waals surface area contributed by atoms with Crippen LogP contribution in [-0.2, 0) is 19.3 Å². The Morgan fingerprint density at radius 1 is 1.00 bits per heavy atom. The molecule has 1 aromatic carbocycles. The molecule has 0 amide bonds. The van der Waals surface area contributed by atoms with Gasteiger partial charge >= 0.3 is 0 Å². The van der Waals surface area contributed by atoms with Gasteiger partial charge in [-0.1, -0.05) is 30.3 Å². The van der Waals surface area contributed by atoms with Crippen molar-refractivity contribution in [3.05, 3.63) is 75.2 Å². The summed E-state index contributed by atoms with van der Waals surface area (Å²) in [4.78, 5) is 22.9. The molecular formula is C21H19N3OS. The van der Waals surface area contributed by atoms with E-state index in [1.54, 1.807) is 17.5 Å².